The molecule has 0 unspecified atom stereocenters. The van der Waals surface area contributed by atoms with E-state index in [1.165, 1.54) is 12.4 Å². The van der Waals surface area contributed by atoms with Gasteiger partial charge < -0.3 is 18.9 Å². The molecule has 0 aliphatic carbocycles. The first-order valence-electron chi connectivity index (χ1n) is 10.1. The highest BCUT2D eigenvalue weighted by Crippen LogP contribution is 2.32. The van der Waals surface area contributed by atoms with E-state index in [4.69, 9.17) is 18.9 Å². The van der Waals surface area contributed by atoms with E-state index in [2.05, 4.69) is 21.1 Å². The highest BCUT2D eigenvalue weighted by Gasteiger charge is 2.13. The molecule has 0 fully saturated rings. The van der Waals surface area contributed by atoms with Gasteiger partial charge in [-0.25, -0.2) is 10.9 Å². The molecule has 32 heavy (non-hydrogen) atoms. The lowest BCUT2D eigenvalue weighted by molar-refractivity contribution is -0.123. The molecule has 2 aliphatic rings. The van der Waals surface area contributed by atoms with Gasteiger partial charge in [0.1, 0.15) is 0 Å². The molecule has 0 spiro atoms. The smallest absolute Gasteiger partial charge is 0.240 e. The molecule has 0 radical (unpaired) electrons. The highest BCUT2D eigenvalue weighted by molar-refractivity contribution is 5.84. The molecule has 0 bridgehead atoms. The van der Waals surface area contributed by atoms with E-state index in [1.54, 1.807) is 24.3 Å². The molecule has 2 heterocycles. The van der Waals surface area contributed by atoms with E-state index in [1.807, 2.05) is 12.1 Å². The van der Waals surface area contributed by atoms with Crippen molar-refractivity contribution in [3.05, 3.63) is 47.5 Å². The second kappa shape index (κ2) is 10.3. The molecule has 10 nitrogen and oxygen atoms in total. The summed E-state index contributed by atoms with van der Waals surface area (Å²) in [6.07, 6.45) is 4.73. The number of amides is 2. The van der Waals surface area contributed by atoms with Crippen LogP contribution in [0.15, 0.2) is 46.6 Å². The van der Waals surface area contributed by atoms with E-state index < -0.39 is 0 Å². The van der Waals surface area contributed by atoms with Crippen LogP contribution >= 0.6 is 0 Å². The van der Waals surface area contributed by atoms with Gasteiger partial charge in [-0.05, 0) is 60.4 Å². The summed E-state index contributed by atoms with van der Waals surface area (Å²) in [5.41, 5.74) is 6.51. The predicted octanol–water partition coefficient (Wildman–Crippen LogP) is 2.30. The van der Waals surface area contributed by atoms with E-state index in [0.717, 1.165) is 11.1 Å². The van der Waals surface area contributed by atoms with Crippen LogP contribution in [0, 0.1) is 0 Å². The van der Waals surface area contributed by atoms with Gasteiger partial charge in [-0.2, -0.15) is 10.2 Å². The van der Waals surface area contributed by atoms with Gasteiger partial charge in [0.25, 0.3) is 0 Å². The van der Waals surface area contributed by atoms with Crippen LogP contribution in [0.25, 0.3) is 0 Å². The lowest BCUT2D eigenvalue weighted by atomic mass is 10.2. The van der Waals surface area contributed by atoms with Crippen LogP contribution in [0.2, 0.25) is 0 Å². The van der Waals surface area contributed by atoms with Crippen molar-refractivity contribution in [3.63, 3.8) is 0 Å². The standard InChI is InChI=1S/C22H22N4O6/c27-21(25-23-11-15-5-7-17-19(9-15)31-13-29-17)3-1-2-4-22(28)26-24-12-16-6-8-18-20(10-16)32-14-30-18/h5-12H,1-4,13-14H2,(H,25,27)(H,26,28)/b23-11-,24-12-. The molecule has 2 amide bonds. The molecule has 0 atom stereocenters. The summed E-state index contributed by atoms with van der Waals surface area (Å²) >= 11 is 0. The maximum absolute atomic E-state index is 11.9. The molecule has 2 aromatic rings. The number of nitrogens with one attached hydrogen (secondary N) is 2. The van der Waals surface area contributed by atoms with Gasteiger partial charge in [-0.15, -0.1) is 0 Å². The van der Waals surface area contributed by atoms with Gasteiger partial charge >= 0.3 is 0 Å². The Hall–Kier alpha value is -4.08. The van der Waals surface area contributed by atoms with Gasteiger partial charge in [-0.1, -0.05) is 0 Å². The fourth-order valence-electron chi connectivity index (χ4n) is 3.03. The molecule has 4 rings (SSSR count). The second-order valence-corrected chi connectivity index (χ2v) is 7.02. The Morgan fingerprint density at radius 1 is 0.719 bits per heavy atom. The normalized spacial score (nSPS) is 13.6. The van der Waals surface area contributed by atoms with E-state index in [0.29, 0.717) is 35.8 Å². The van der Waals surface area contributed by atoms with Crippen LogP contribution < -0.4 is 29.8 Å². The van der Waals surface area contributed by atoms with Crippen molar-refractivity contribution in [2.24, 2.45) is 10.2 Å². The van der Waals surface area contributed by atoms with Crippen LogP contribution in [0.1, 0.15) is 36.8 Å². The van der Waals surface area contributed by atoms with Crippen molar-refractivity contribution >= 4 is 24.2 Å². The number of unbranched alkanes of at least 4 members (excludes halogenated alkanes) is 1. The zero-order valence-electron chi connectivity index (χ0n) is 17.2. The number of nitrogens with zero attached hydrogens (tertiary/aromatic N) is 2. The van der Waals surface area contributed by atoms with Crippen LogP contribution in [-0.4, -0.2) is 37.8 Å². The minimum atomic E-state index is -0.219. The van der Waals surface area contributed by atoms with Crippen molar-refractivity contribution in [2.75, 3.05) is 13.6 Å². The topological polar surface area (TPSA) is 120 Å². The summed E-state index contributed by atoms with van der Waals surface area (Å²) in [5.74, 6) is 2.24. The minimum Gasteiger partial charge on any atom is -0.454 e. The summed E-state index contributed by atoms with van der Waals surface area (Å²) in [6.45, 7) is 0.411. The monoisotopic (exact) mass is 438 g/mol. The van der Waals surface area contributed by atoms with E-state index in [-0.39, 0.29) is 38.2 Å². The Balaban J connectivity index is 1.09. The third kappa shape index (κ3) is 5.75. The maximum Gasteiger partial charge on any atom is 0.240 e. The maximum atomic E-state index is 11.9. The average molecular weight is 438 g/mol. The fraction of sp³-hybridized carbons (Fsp3) is 0.273. The first kappa shape index (κ1) is 21.2. The van der Waals surface area contributed by atoms with Crippen molar-refractivity contribution in [3.8, 4) is 23.0 Å². The molecule has 0 aromatic heterocycles. The zero-order valence-corrected chi connectivity index (χ0v) is 17.2. The fourth-order valence-corrected chi connectivity index (χ4v) is 3.03. The first-order chi connectivity index (χ1) is 15.7. The Bertz CT molecular complexity index is 969. The number of hydrogen-bond donors (Lipinski definition) is 2. The summed E-state index contributed by atoms with van der Waals surface area (Å²) in [6, 6.07) is 10.8. The second-order valence-electron chi connectivity index (χ2n) is 7.02. The summed E-state index contributed by atoms with van der Waals surface area (Å²) < 4.78 is 21.1. The van der Waals surface area contributed by atoms with Gasteiger partial charge in [-0.3, -0.25) is 9.59 Å². The first-order valence-corrected chi connectivity index (χ1v) is 10.1. The Labute approximate surface area is 184 Å². The molecule has 2 aromatic carbocycles. The molecule has 0 saturated heterocycles. The van der Waals surface area contributed by atoms with Crippen LogP contribution in [0.5, 0.6) is 23.0 Å². The highest BCUT2D eigenvalue weighted by atomic mass is 16.7. The number of fused-ring (bicyclic) bond motifs is 2. The summed E-state index contributed by atoms with van der Waals surface area (Å²) in [4.78, 5) is 23.7. The third-order valence-corrected chi connectivity index (χ3v) is 4.66. The molecular weight excluding hydrogens is 416 g/mol. The van der Waals surface area contributed by atoms with Crippen molar-refractivity contribution < 1.29 is 28.5 Å². The molecule has 2 aliphatic heterocycles. The Kier molecular flexibility index (Phi) is 6.81. The summed E-state index contributed by atoms with van der Waals surface area (Å²) in [5, 5.41) is 7.87. The molecular formula is C22H22N4O6. The van der Waals surface area contributed by atoms with Gasteiger partial charge in [0.05, 0.1) is 12.4 Å². The summed E-state index contributed by atoms with van der Waals surface area (Å²) in [7, 11) is 0. The van der Waals surface area contributed by atoms with Gasteiger partial charge in [0.2, 0.25) is 25.4 Å². The minimum absolute atomic E-state index is 0.205. The quantitative estimate of drug-likeness (QED) is 0.352. The zero-order chi connectivity index (χ0) is 22.2. The van der Waals surface area contributed by atoms with Crippen LogP contribution in [0.4, 0.5) is 0 Å². The number of hydrogen-bond acceptors (Lipinski definition) is 8. The van der Waals surface area contributed by atoms with Crippen LogP contribution in [0.3, 0.4) is 0 Å². The Morgan fingerprint density at radius 3 is 1.62 bits per heavy atom. The molecule has 0 saturated carbocycles. The lowest BCUT2D eigenvalue weighted by Crippen LogP contribution is -2.19. The molecule has 10 heteroatoms. The lowest BCUT2D eigenvalue weighted by Gasteiger charge is -2.01. The van der Waals surface area contributed by atoms with E-state index >= 15 is 0 Å². The van der Waals surface area contributed by atoms with Crippen molar-refractivity contribution in [2.45, 2.75) is 25.7 Å². The van der Waals surface area contributed by atoms with Gasteiger partial charge in [0.15, 0.2) is 23.0 Å². The number of hydrazone groups is 2. The van der Waals surface area contributed by atoms with Gasteiger partial charge in [0, 0.05) is 12.8 Å². The number of rotatable bonds is 9. The van der Waals surface area contributed by atoms with Crippen molar-refractivity contribution in [1.29, 1.82) is 0 Å². The predicted molar refractivity (Wildman–Crippen MR) is 115 cm³/mol. The number of carbonyl (C=O) groups excluding carboxylic acids is 2. The Morgan fingerprint density at radius 2 is 1.16 bits per heavy atom. The average Bonchev–Trinajstić information content (AvgIpc) is 3.45. The SMILES string of the molecule is O=C(CCCCC(=O)N/N=C\c1ccc2c(c1)OCO2)N/N=C\c1ccc2c(c1)OCO2. The van der Waals surface area contributed by atoms with Crippen molar-refractivity contribution in [1.82, 2.24) is 10.9 Å². The number of carbonyl (C=O) groups is 2. The van der Waals surface area contributed by atoms with E-state index in [9.17, 15) is 9.59 Å². The van der Waals surface area contributed by atoms with Crippen LogP contribution in [-0.2, 0) is 9.59 Å². The molecule has 2 N–H and O–H groups in total. The number of ether oxygens (including phenoxy) is 4. The largest absolute Gasteiger partial charge is 0.454 e. The number of benzene rings is 2. The molecule has 166 valence electrons. The third-order valence-electron chi connectivity index (χ3n) is 4.66.